The molecule has 9 nitrogen and oxygen atoms in total. The number of amides is 2. The van der Waals surface area contributed by atoms with Crippen molar-refractivity contribution in [1.82, 2.24) is 5.01 Å². The van der Waals surface area contributed by atoms with E-state index in [9.17, 15) is 27.7 Å². The van der Waals surface area contributed by atoms with Crippen molar-refractivity contribution < 1.29 is 22.5 Å². The first-order valence-corrected chi connectivity index (χ1v) is 12.0. The van der Waals surface area contributed by atoms with Gasteiger partial charge in [0.05, 0.1) is 22.1 Å². The van der Waals surface area contributed by atoms with Crippen LogP contribution in [0.1, 0.15) is 17.0 Å². The van der Waals surface area contributed by atoms with E-state index in [2.05, 4.69) is 10.4 Å². The average Bonchev–Trinajstić information content (AvgIpc) is 3.25. The molecular weight excluding hydrogens is 463 g/mol. The van der Waals surface area contributed by atoms with Crippen LogP contribution >= 0.6 is 0 Å². The van der Waals surface area contributed by atoms with E-state index >= 15 is 0 Å². The summed E-state index contributed by atoms with van der Waals surface area (Å²) in [6.07, 6.45) is 1.12. The molecule has 1 heterocycles. The molecular formula is C23H19FN4O5S. The maximum atomic E-state index is 13.5. The molecule has 0 saturated carbocycles. The number of nitro benzene ring substituents is 1. The first-order chi connectivity index (χ1) is 16.1. The third-order valence-electron chi connectivity index (χ3n) is 5.33. The van der Waals surface area contributed by atoms with Crippen LogP contribution in [0.15, 0.2) is 82.8 Å². The SMILES string of the molecule is CS(=O)(=O)c1ccc(C2CN(C(=O)Nc3ccc([N+](=O)[O-])cc3)N=C2c2ccc(F)cc2)cc1. The lowest BCUT2D eigenvalue weighted by Gasteiger charge is -2.16. The Kier molecular flexibility index (Phi) is 6.12. The zero-order valence-corrected chi connectivity index (χ0v) is 18.7. The van der Waals surface area contributed by atoms with Crippen LogP contribution in [0.4, 0.5) is 20.6 Å². The topological polar surface area (TPSA) is 122 Å². The molecule has 2 amide bonds. The average molecular weight is 482 g/mol. The molecule has 0 bridgehead atoms. The highest BCUT2D eigenvalue weighted by Crippen LogP contribution is 2.30. The second-order valence-corrected chi connectivity index (χ2v) is 9.72. The molecule has 1 unspecified atom stereocenters. The van der Waals surface area contributed by atoms with E-state index in [0.717, 1.165) is 11.8 Å². The lowest BCUT2D eigenvalue weighted by Crippen LogP contribution is -2.30. The van der Waals surface area contributed by atoms with Gasteiger partial charge in [-0.3, -0.25) is 10.1 Å². The number of rotatable bonds is 5. The van der Waals surface area contributed by atoms with Crippen LogP contribution in [0.5, 0.6) is 0 Å². The number of hydrazone groups is 1. The molecule has 174 valence electrons. The summed E-state index contributed by atoms with van der Waals surface area (Å²) in [5, 5.41) is 19.1. The van der Waals surface area contributed by atoms with E-state index < -0.39 is 26.6 Å². The second-order valence-electron chi connectivity index (χ2n) is 7.70. The van der Waals surface area contributed by atoms with E-state index in [1.54, 1.807) is 24.3 Å². The van der Waals surface area contributed by atoms with Crippen molar-refractivity contribution in [3.63, 3.8) is 0 Å². The van der Waals surface area contributed by atoms with Crippen LogP contribution in [0.2, 0.25) is 0 Å². The molecule has 34 heavy (non-hydrogen) atoms. The molecule has 3 aromatic carbocycles. The number of hydrogen-bond acceptors (Lipinski definition) is 6. The molecule has 0 aromatic heterocycles. The van der Waals surface area contributed by atoms with Crippen LogP contribution in [0.3, 0.4) is 0 Å². The Morgan fingerprint density at radius 3 is 2.24 bits per heavy atom. The van der Waals surface area contributed by atoms with Gasteiger partial charge in [0.25, 0.3) is 5.69 Å². The number of anilines is 1. The van der Waals surface area contributed by atoms with Crippen molar-refractivity contribution >= 4 is 33.0 Å². The molecule has 1 atom stereocenters. The number of carbonyl (C=O) groups is 1. The van der Waals surface area contributed by atoms with Gasteiger partial charge in [-0.25, -0.2) is 22.6 Å². The third kappa shape index (κ3) is 4.94. The number of hydrogen-bond donors (Lipinski definition) is 1. The van der Waals surface area contributed by atoms with Crippen molar-refractivity contribution in [2.45, 2.75) is 10.8 Å². The van der Waals surface area contributed by atoms with Gasteiger partial charge in [-0.05, 0) is 47.5 Å². The van der Waals surface area contributed by atoms with E-state index in [4.69, 9.17) is 0 Å². The number of nitro groups is 1. The largest absolute Gasteiger partial charge is 0.342 e. The van der Waals surface area contributed by atoms with Gasteiger partial charge in [-0.1, -0.05) is 24.3 Å². The lowest BCUT2D eigenvalue weighted by molar-refractivity contribution is -0.384. The summed E-state index contributed by atoms with van der Waals surface area (Å²) < 4.78 is 37.1. The normalized spacial score (nSPS) is 15.6. The third-order valence-corrected chi connectivity index (χ3v) is 6.46. The van der Waals surface area contributed by atoms with Gasteiger partial charge in [0, 0.05) is 30.0 Å². The van der Waals surface area contributed by atoms with E-state index in [0.29, 0.717) is 17.0 Å². The molecule has 0 aliphatic carbocycles. The summed E-state index contributed by atoms with van der Waals surface area (Å²) in [5.74, 6) is -0.800. The van der Waals surface area contributed by atoms with Crippen LogP contribution in [0.25, 0.3) is 0 Å². The van der Waals surface area contributed by atoms with Crippen LogP contribution in [-0.4, -0.2) is 42.9 Å². The Balaban J connectivity index is 1.62. The number of urea groups is 1. The fourth-order valence-corrected chi connectivity index (χ4v) is 4.20. The molecule has 3 aromatic rings. The van der Waals surface area contributed by atoms with Crippen LogP contribution < -0.4 is 5.32 Å². The minimum absolute atomic E-state index is 0.103. The number of halogens is 1. The fourth-order valence-electron chi connectivity index (χ4n) is 3.57. The number of nitrogens with zero attached hydrogens (tertiary/aromatic N) is 3. The van der Waals surface area contributed by atoms with Gasteiger partial charge in [-0.15, -0.1) is 0 Å². The van der Waals surface area contributed by atoms with Gasteiger partial charge < -0.3 is 5.32 Å². The summed E-state index contributed by atoms with van der Waals surface area (Å²) in [5.41, 5.74) is 2.12. The number of carbonyl (C=O) groups excluding carboxylic acids is 1. The lowest BCUT2D eigenvalue weighted by atomic mass is 9.90. The van der Waals surface area contributed by atoms with Gasteiger partial charge in [0.15, 0.2) is 9.84 Å². The smallest absolute Gasteiger partial charge is 0.306 e. The highest BCUT2D eigenvalue weighted by atomic mass is 32.2. The summed E-state index contributed by atoms with van der Waals surface area (Å²) in [7, 11) is -3.37. The molecule has 0 radical (unpaired) electrons. The monoisotopic (exact) mass is 482 g/mol. The van der Waals surface area contributed by atoms with Gasteiger partial charge >= 0.3 is 6.03 Å². The maximum Gasteiger partial charge on any atom is 0.342 e. The predicted octanol–water partition coefficient (Wildman–Crippen LogP) is 4.17. The fraction of sp³-hybridized carbons (Fsp3) is 0.130. The number of sulfone groups is 1. The minimum atomic E-state index is -3.37. The number of benzene rings is 3. The van der Waals surface area contributed by atoms with Crippen molar-refractivity contribution in [2.24, 2.45) is 5.10 Å². The zero-order valence-electron chi connectivity index (χ0n) is 17.9. The molecule has 1 aliphatic rings. The molecule has 1 N–H and O–H groups in total. The molecule has 0 spiro atoms. The first-order valence-electron chi connectivity index (χ1n) is 10.1. The van der Waals surface area contributed by atoms with E-state index in [1.165, 1.54) is 53.5 Å². The van der Waals surface area contributed by atoms with Crippen molar-refractivity contribution in [2.75, 3.05) is 18.1 Å². The Bertz CT molecular complexity index is 1370. The van der Waals surface area contributed by atoms with Gasteiger partial charge in [-0.2, -0.15) is 5.10 Å². The summed E-state index contributed by atoms with van der Waals surface area (Å²) >= 11 is 0. The molecule has 4 rings (SSSR count). The first kappa shape index (κ1) is 23.1. The van der Waals surface area contributed by atoms with Crippen molar-refractivity contribution in [1.29, 1.82) is 0 Å². The quantitative estimate of drug-likeness (QED) is 0.432. The van der Waals surface area contributed by atoms with Gasteiger partial charge in [0.1, 0.15) is 5.82 Å². The zero-order chi connectivity index (χ0) is 24.5. The molecule has 0 fully saturated rings. The van der Waals surface area contributed by atoms with Gasteiger partial charge in [0.2, 0.25) is 0 Å². The van der Waals surface area contributed by atoms with Crippen molar-refractivity contribution in [3.05, 3.63) is 99.9 Å². The predicted molar refractivity (Wildman–Crippen MR) is 124 cm³/mol. The highest BCUT2D eigenvalue weighted by Gasteiger charge is 2.32. The van der Waals surface area contributed by atoms with Crippen LogP contribution in [-0.2, 0) is 9.84 Å². The molecule has 1 aliphatic heterocycles. The summed E-state index contributed by atoms with van der Waals surface area (Å²) in [6, 6.07) is 16.8. The maximum absolute atomic E-state index is 13.5. The Hall–Kier alpha value is -4.12. The molecule has 0 saturated heterocycles. The summed E-state index contributed by atoms with van der Waals surface area (Å²) in [4.78, 5) is 23.3. The molecule has 11 heteroatoms. The Morgan fingerprint density at radius 2 is 1.68 bits per heavy atom. The Labute approximate surface area is 194 Å². The second kappa shape index (κ2) is 9.02. The number of nitrogens with one attached hydrogen (secondary N) is 1. The highest BCUT2D eigenvalue weighted by molar-refractivity contribution is 7.90. The Morgan fingerprint density at radius 1 is 1.06 bits per heavy atom. The number of non-ortho nitro benzene ring substituents is 1. The summed E-state index contributed by atoms with van der Waals surface area (Å²) in [6.45, 7) is 0.156. The standard InChI is InChI=1S/C23H19FN4O5S/c1-34(32,33)20-12-4-15(5-13-20)21-14-27(26-22(21)16-2-6-17(24)7-3-16)23(29)25-18-8-10-19(11-9-18)28(30)31/h2-13,21H,14H2,1H3,(H,25,29). The minimum Gasteiger partial charge on any atom is -0.306 e. The van der Waals surface area contributed by atoms with E-state index in [-0.39, 0.29) is 23.0 Å². The van der Waals surface area contributed by atoms with E-state index in [1.807, 2.05) is 0 Å². The van der Waals surface area contributed by atoms with Crippen molar-refractivity contribution in [3.8, 4) is 0 Å². The van der Waals surface area contributed by atoms with Crippen LogP contribution in [0, 0.1) is 15.9 Å².